The van der Waals surface area contributed by atoms with Crippen LogP contribution in [0.15, 0.2) is 18.2 Å². The van der Waals surface area contributed by atoms with Crippen LogP contribution < -0.4 is 10.1 Å². The summed E-state index contributed by atoms with van der Waals surface area (Å²) >= 11 is 6.91. The third kappa shape index (κ3) is 4.15. The number of anilines is 1. The molecule has 0 bridgehead atoms. The van der Waals surface area contributed by atoms with Gasteiger partial charge in [-0.3, -0.25) is 4.79 Å². The van der Waals surface area contributed by atoms with Crippen molar-refractivity contribution in [1.82, 2.24) is 0 Å². The average Bonchev–Trinajstić information content (AvgIpc) is 2.91. The molecular formula is C18H17ClN2O4S. The average molecular weight is 393 g/mol. The molecule has 2 aromatic rings. The number of rotatable bonds is 5. The predicted molar refractivity (Wildman–Crippen MR) is 100 cm³/mol. The molecule has 0 aliphatic rings. The molecule has 0 spiro atoms. The third-order valence-electron chi connectivity index (χ3n) is 3.68. The molecule has 0 aliphatic heterocycles. The molecule has 1 atom stereocenters. The smallest absolute Gasteiger partial charge is 0.348 e. The van der Waals surface area contributed by atoms with Crippen molar-refractivity contribution in [2.24, 2.45) is 0 Å². The number of nitrogens with zero attached hydrogens (tertiary/aromatic N) is 1. The molecular weight excluding hydrogens is 376 g/mol. The van der Waals surface area contributed by atoms with Gasteiger partial charge < -0.3 is 14.8 Å². The Balaban J connectivity index is 2.19. The molecule has 0 fully saturated rings. The van der Waals surface area contributed by atoms with Crippen LogP contribution in [0.4, 0.5) is 5.00 Å². The van der Waals surface area contributed by atoms with Gasteiger partial charge in [0.1, 0.15) is 21.7 Å². The maximum atomic E-state index is 12.4. The molecule has 1 aromatic carbocycles. The molecule has 0 aliphatic carbocycles. The summed E-state index contributed by atoms with van der Waals surface area (Å²) < 4.78 is 10.4. The monoisotopic (exact) mass is 392 g/mol. The highest BCUT2D eigenvalue weighted by Crippen LogP contribution is 2.33. The van der Waals surface area contributed by atoms with Gasteiger partial charge in [0, 0.05) is 5.02 Å². The van der Waals surface area contributed by atoms with Gasteiger partial charge >= 0.3 is 5.97 Å². The van der Waals surface area contributed by atoms with Crippen molar-refractivity contribution in [2.45, 2.75) is 26.9 Å². The number of carbonyl (C=O) groups is 2. The zero-order valence-corrected chi connectivity index (χ0v) is 16.2. The van der Waals surface area contributed by atoms with Crippen molar-refractivity contribution in [3.05, 3.63) is 44.8 Å². The lowest BCUT2D eigenvalue weighted by atomic mass is 10.1. The largest absolute Gasteiger partial charge is 0.481 e. The number of esters is 1. The summed E-state index contributed by atoms with van der Waals surface area (Å²) in [5, 5.41) is 12.8. The number of hydrogen-bond donors (Lipinski definition) is 1. The van der Waals surface area contributed by atoms with Gasteiger partial charge in [0.15, 0.2) is 6.10 Å². The van der Waals surface area contributed by atoms with Crippen molar-refractivity contribution < 1.29 is 19.1 Å². The zero-order valence-electron chi connectivity index (χ0n) is 14.7. The maximum Gasteiger partial charge on any atom is 0.348 e. The number of nitriles is 1. The Labute approximate surface area is 160 Å². The van der Waals surface area contributed by atoms with Gasteiger partial charge in [-0.2, -0.15) is 5.26 Å². The quantitative estimate of drug-likeness (QED) is 0.774. The van der Waals surface area contributed by atoms with E-state index in [1.165, 1.54) is 7.11 Å². The summed E-state index contributed by atoms with van der Waals surface area (Å²) in [6, 6.07) is 7.10. The van der Waals surface area contributed by atoms with Crippen molar-refractivity contribution in [2.75, 3.05) is 12.4 Å². The van der Waals surface area contributed by atoms with Gasteiger partial charge in [0.05, 0.1) is 12.7 Å². The van der Waals surface area contributed by atoms with Crippen molar-refractivity contribution in [3.8, 4) is 11.8 Å². The minimum absolute atomic E-state index is 0.235. The van der Waals surface area contributed by atoms with Gasteiger partial charge in [-0.05, 0) is 50.1 Å². The number of hydrogen-bond acceptors (Lipinski definition) is 6. The molecule has 1 heterocycles. The Morgan fingerprint density at radius 2 is 2.04 bits per heavy atom. The van der Waals surface area contributed by atoms with Crippen LogP contribution in [0, 0.1) is 25.2 Å². The molecule has 1 unspecified atom stereocenters. The Morgan fingerprint density at radius 3 is 2.62 bits per heavy atom. The second-order valence-corrected chi connectivity index (χ2v) is 6.98. The van der Waals surface area contributed by atoms with Crippen LogP contribution in [0.5, 0.6) is 5.75 Å². The second-order valence-electron chi connectivity index (χ2n) is 5.52. The zero-order chi connectivity index (χ0) is 19.4. The van der Waals surface area contributed by atoms with E-state index in [0.717, 1.165) is 16.9 Å². The molecule has 0 saturated heterocycles. The second kappa shape index (κ2) is 8.21. The van der Waals surface area contributed by atoms with Crippen molar-refractivity contribution in [3.63, 3.8) is 0 Å². The molecule has 1 amide bonds. The minimum Gasteiger partial charge on any atom is -0.481 e. The van der Waals surface area contributed by atoms with E-state index in [4.69, 9.17) is 21.1 Å². The lowest BCUT2D eigenvalue weighted by molar-refractivity contribution is -0.122. The van der Waals surface area contributed by atoms with Gasteiger partial charge in [-0.25, -0.2) is 4.79 Å². The van der Waals surface area contributed by atoms with Gasteiger partial charge in [-0.15, -0.1) is 11.3 Å². The van der Waals surface area contributed by atoms with Crippen LogP contribution in [-0.4, -0.2) is 25.1 Å². The van der Waals surface area contributed by atoms with Crippen molar-refractivity contribution >= 4 is 39.8 Å². The Bertz CT molecular complexity index is 901. The Kier molecular flexibility index (Phi) is 6.24. The molecule has 26 heavy (non-hydrogen) atoms. The molecule has 1 aromatic heterocycles. The number of halogens is 1. The lowest BCUT2D eigenvalue weighted by Crippen LogP contribution is -2.30. The predicted octanol–water partition coefficient (Wildman–Crippen LogP) is 4.08. The van der Waals surface area contributed by atoms with E-state index in [1.807, 2.05) is 13.0 Å². The van der Waals surface area contributed by atoms with E-state index in [0.29, 0.717) is 21.3 Å². The SMILES string of the molecule is COC(=O)c1sc(NC(=O)C(C)Oc2ccc(Cl)cc2C)c(C#N)c1C. The standard InChI is InChI=1S/C18H17ClN2O4S/c1-9-7-12(19)5-6-14(9)25-11(3)16(22)21-17-13(8-20)10(2)15(26-17)18(23)24-4/h5-7,11H,1-4H3,(H,21,22). The van der Waals surface area contributed by atoms with Crippen LogP contribution in [0.3, 0.4) is 0 Å². The fraction of sp³-hybridized carbons (Fsp3) is 0.278. The van der Waals surface area contributed by atoms with Gasteiger partial charge in [0.25, 0.3) is 5.91 Å². The Morgan fingerprint density at radius 1 is 1.35 bits per heavy atom. The molecule has 1 N–H and O–H groups in total. The number of amides is 1. The first-order valence-electron chi connectivity index (χ1n) is 7.64. The van der Waals surface area contributed by atoms with Crippen molar-refractivity contribution in [1.29, 1.82) is 5.26 Å². The van der Waals surface area contributed by atoms with Gasteiger partial charge in [-0.1, -0.05) is 11.6 Å². The summed E-state index contributed by atoms with van der Waals surface area (Å²) in [5.74, 6) is -0.450. The number of carbonyl (C=O) groups excluding carboxylic acids is 2. The van der Waals surface area contributed by atoms with Crippen LogP contribution >= 0.6 is 22.9 Å². The molecule has 136 valence electrons. The lowest BCUT2D eigenvalue weighted by Gasteiger charge is -2.16. The fourth-order valence-corrected chi connectivity index (χ4v) is 3.53. The first-order valence-corrected chi connectivity index (χ1v) is 8.83. The number of thiophene rings is 1. The van der Waals surface area contributed by atoms with Gasteiger partial charge in [0.2, 0.25) is 0 Å². The molecule has 0 saturated carbocycles. The first-order chi connectivity index (χ1) is 12.3. The number of ether oxygens (including phenoxy) is 2. The molecule has 2 rings (SSSR count). The highest BCUT2D eigenvalue weighted by molar-refractivity contribution is 7.18. The normalized spacial score (nSPS) is 11.4. The van der Waals surface area contributed by atoms with Crippen LogP contribution in [0.25, 0.3) is 0 Å². The summed E-state index contributed by atoms with van der Waals surface area (Å²) in [6.07, 6.45) is -0.814. The number of aryl methyl sites for hydroxylation is 1. The number of benzene rings is 1. The highest BCUT2D eigenvalue weighted by Gasteiger charge is 2.24. The summed E-state index contributed by atoms with van der Waals surface area (Å²) in [5.41, 5.74) is 1.51. The fourth-order valence-electron chi connectivity index (χ4n) is 2.23. The highest BCUT2D eigenvalue weighted by atomic mass is 35.5. The van der Waals surface area contributed by atoms with Crippen LogP contribution in [-0.2, 0) is 9.53 Å². The minimum atomic E-state index is -0.814. The summed E-state index contributed by atoms with van der Waals surface area (Å²) in [4.78, 5) is 24.5. The van der Waals surface area contributed by atoms with E-state index >= 15 is 0 Å². The molecule has 0 radical (unpaired) electrons. The Hall–Kier alpha value is -2.56. The van der Waals surface area contributed by atoms with E-state index in [1.54, 1.807) is 32.0 Å². The number of methoxy groups -OCH3 is 1. The molecule has 6 nitrogen and oxygen atoms in total. The molecule has 8 heteroatoms. The van der Waals surface area contributed by atoms with E-state index in [2.05, 4.69) is 5.32 Å². The van der Waals surface area contributed by atoms with Crippen LogP contribution in [0.1, 0.15) is 33.3 Å². The third-order valence-corrected chi connectivity index (χ3v) is 5.10. The first kappa shape index (κ1) is 19.8. The van der Waals surface area contributed by atoms with E-state index in [-0.39, 0.29) is 10.4 Å². The maximum absolute atomic E-state index is 12.4. The number of nitrogens with one attached hydrogen (secondary N) is 1. The van der Waals surface area contributed by atoms with E-state index in [9.17, 15) is 14.9 Å². The van der Waals surface area contributed by atoms with E-state index < -0.39 is 18.0 Å². The topological polar surface area (TPSA) is 88.4 Å². The van der Waals surface area contributed by atoms with Crippen LogP contribution in [0.2, 0.25) is 5.02 Å². The summed E-state index contributed by atoms with van der Waals surface area (Å²) in [7, 11) is 1.26. The summed E-state index contributed by atoms with van der Waals surface area (Å²) in [6.45, 7) is 5.05.